The Kier molecular flexibility index (Phi) is 9.48. The number of hydrogen-bond donors (Lipinski definition) is 2. The third kappa shape index (κ3) is 8.01. The van der Waals surface area contributed by atoms with Crippen LogP contribution in [0.15, 0.2) is 72.9 Å². The molecule has 0 saturated carbocycles. The number of carbonyl (C=O) groups is 2. The molecule has 9 heteroatoms. The van der Waals surface area contributed by atoms with Crippen LogP contribution >= 0.6 is 11.6 Å². The van der Waals surface area contributed by atoms with Crippen LogP contribution in [0.1, 0.15) is 28.8 Å². The van der Waals surface area contributed by atoms with Crippen LogP contribution in [0.3, 0.4) is 0 Å². The molecule has 0 spiro atoms. The molecule has 1 aromatic heterocycles. The second-order valence-corrected chi connectivity index (χ2v) is 9.46. The van der Waals surface area contributed by atoms with Crippen LogP contribution < -0.4 is 15.4 Å². The Balaban J connectivity index is 1.45. The molecule has 3 aromatic rings. The van der Waals surface area contributed by atoms with Gasteiger partial charge in [0.05, 0.1) is 13.2 Å². The number of pyridine rings is 1. The van der Waals surface area contributed by atoms with Crippen molar-refractivity contribution >= 4 is 23.4 Å². The van der Waals surface area contributed by atoms with E-state index in [4.69, 9.17) is 21.1 Å². The fraction of sp³-hybridized carbons (Fsp3) is 0.321. The van der Waals surface area contributed by atoms with Crippen molar-refractivity contribution in [3.8, 4) is 11.6 Å². The van der Waals surface area contributed by atoms with E-state index in [0.29, 0.717) is 17.4 Å². The van der Waals surface area contributed by atoms with Crippen molar-refractivity contribution in [2.75, 3.05) is 26.7 Å². The van der Waals surface area contributed by atoms with Crippen LogP contribution in [0.2, 0.25) is 5.02 Å². The van der Waals surface area contributed by atoms with Gasteiger partial charge in [0.2, 0.25) is 11.8 Å². The molecule has 0 radical (unpaired) electrons. The first-order valence-corrected chi connectivity index (χ1v) is 12.7. The summed E-state index contributed by atoms with van der Waals surface area (Å²) in [5.41, 5.74) is 1.19. The molecule has 1 aliphatic heterocycles. The zero-order valence-electron chi connectivity index (χ0n) is 20.7. The average molecular weight is 523 g/mol. The van der Waals surface area contributed by atoms with Gasteiger partial charge < -0.3 is 25.0 Å². The molecule has 1 fully saturated rings. The quantitative estimate of drug-likeness (QED) is 0.417. The normalized spacial score (nSPS) is 15.1. The van der Waals surface area contributed by atoms with E-state index < -0.39 is 11.9 Å². The van der Waals surface area contributed by atoms with Gasteiger partial charge in [0.1, 0.15) is 17.4 Å². The number of carbonyl (C=O) groups excluding carboxylic acids is 2. The molecule has 0 unspecified atom stereocenters. The van der Waals surface area contributed by atoms with Gasteiger partial charge in [0.25, 0.3) is 5.91 Å². The summed E-state index contributed by atoms with van der Waals surface area (Å²) >= 11 is 5.95. The SMILES string of the molecule is CN1CCC(NC(=O)[C@@H](COCc2ccccc2)NC(=O)c2cccnc2Oc2ccc(Cl)cc2)CC1. The predicted octanol–water partition coefficient (Wildman–Crippen LogP) is 4.05. The molecule has 1 aliphatic rings. The topological polar surface area (TPSA) is 92.8 Å². The molecule has 8 nitrogen and oxygen atoms in total. The van der Waals surface area contributed by atoms with Gasteiger partial charge in [-0.3, -0.25) is 9.59 Å². The lowest BCUT2D eigenvalue weighted by molar-refractivity contribution is -0.125. The van der Waals surface area contributed by atoms with Gasteiger partial charge in [-0.2, -0.15) is 0 Å². The van der Waals surface area contributed by atoms with Crippen molar-refractivity contribution in [2.24, 2.45) is 0 Å². The van der Waals surface area contributed by atoms with Gasteiger partial charge in [-0.25, -0.2) is 4.98 Å². The standard InChI is InChI=1S/C28H31ClN4O4/c1-33-16-13-22(14-17-33)31-27(35)25(19-36-18-20-6-3-2-4-7-20)32-26(34)24-8-5-15-30-28(24)37-23-11-9-21(29)10-12-23/h2-12,15,22,25H,13-14,16-19H2,1H3,(H,31,35)(H,32,34)/t25-/m1/s1. The summed E-state index contributed by atoms with van der Waals surface area (Å²) in [5.74, 6) is -0.147. The number of benzene rings is 2. The fourth-order valence-corrected chi connectivity index (χ4v) is 4.13. The Morgan fingerprint density at radius 1 is 1.05 bits per heavy atom. The zero-order valence-corrected chi connectivity index (χ0v) is 21.5. The van der Waals surface area contributed by atoms with Crippen LogP contribution in [0.5, 0.6) is 11.6 Å². The minimum atomic E-state index is -0.889. The number of aromatic nitrogens is 1. The smallest absolute Gasteiger partial charge is 0.257 e. The van der Waals surface area contributed by atoms with Crippen molar-refractivity contribution < 1.29 is 19.1 Å². The summed E-state index contributed by atoms with van der Waals surface area (Å²) in [4.78, 5) is 33.0. The molecule has 2 heterocycles. The lowest BCUT2D eigenvalue weighted by Gasteiger charge is -2.30. The Morgan fingerprint density at radius 3 is 2.51 bits per heavy atom. The number of nitrogens with one attached hydrogen (secondary N) is 2. The molecular weight excluding hydrogens is 492 g/mol. The van der Waals surface area contributed by atoms with E-state index in [-0.39, 0.29) is 30.0 Å². The maximum atomic E-state index is 13.3. The van der Waals surface area contributed by atoms with E-state index in [9.17, 15) is 9.59 Å². The highest BCUT2D eigenvalue weighted by Crippen LogP contribution is 2.24. The van der Waals surface area contributed by atoms with Crippen molar-refractivity contribution in [3.63, 3.8) is 0 Å². The first-order valence-electron chi connectivity index (χ1n) is 12.3. The van der Waals surface area contributed by atoms with Gasteiger partial charge in [-0.15, -0.1) is 0 Å². The predicted molar refractivity (Wildman–Crippen MR) is 142 cm³/mol. The van der Waals surface area contributed by atoms with Crippen molar-refractivity contribution in [2.45, 2.75) is 31.5 Å². The number of nitrogens with zero attached hydrogens (tertiary/aromatic N) is 2. The highest BCUT2D eigenvalue weighted by molar-refractivity contribution is 6.30. The van der Waals surface area contributed by atoms with E-state index in [1.165, 1.54) is 6.20 Å². The Morgan fingerprint density at radius 2 is 1.78 bits per heavy atom. The average Bonchev–Trinajstić information content (AvgIpc) is 2.91. The van der Waals surface area contributed by atoms with Gasteiger partial charge in [0.15, 0.2) is 0 Å². The first kappa shape index (κ1) is 26.6. The third-order valence-corrected chi connectivity index (χ3v) is 6.38. The molecule has 2 aromatic carbocycles. The third-order valence-electron chi connectivity index (χ3n) is 6.13. The summed E-state index contributed by atoms with van der Waals surface area (Å²) in [6.07, 6.45) is 3.25. The van der Waals surface area contributed by atoms with E-state index in [1.54, 1.807) is 36.4 Å². The number of hydrogen-bond acceptors (Lipinski definition) is 6. The Hall–Kier alpha value is -3.46. The molecule has 1 atom stereocenters. The van der Waals surface area contributed by atoms with Crippen LogP contribution in [0.25, 0.3) is 0 Å². The summed E-state index contributed by atoms with van der Waals surface area (Å²) in [7, 11) is 2.07. The van der Waals surface area contributed by atoms with E-state index in [2.05, 4.69) is 27.6 Å². The van der Waals surface area contributed by atoms with Crippen LogP contribution in [0, 0.1) is 0 Å². The highest BCUT2D eigenvalue weighted by Gasteiger charge is 2.27. The minimum absolute atomic E-state index is 0.0206. The van der Waals surface area contributed by atoms with Crippen LogP contribution in [-0.4, -0.2) is 60.5 Å². The summed E-state index contributed by atoms with van der Waals surface area (Å²) in [6, 6.07) is 18.8. The van der Waals surface area contributed by atoms with E-state index >= 15 is 0 Å². The van der Waals surface area contributed by atoms with Gasteiger partial charge in [-0.05, 0) is 74.9 Å². The summed E-state index contributed by atoms with van der Waals surface area (Å²) < 4.78 is 11.7. The molecule has 37 heavy (non-hydrogen) atoms. The van der Waals surface area contributed by atoms with Crippen molar-refractivity contribution in [3.05, 3.63) is 89.1 Å². The lowest BCUT2D eigenvalue weighted by atomic mass is 10.1. The number of rotatable bonds is 10. The molecule has 2 N–H and O–H groups in total. The maximum absolute atomic E-state index is 13.3. The molecule has 4 rings (SSSR count). The number of halogens is 1. The second-order valence-electron chi connectivity index (χ2n) is 9.03. The van der Waals surface area contributed by atoms with Gasteiger partial charge in [-0.1, -0.05) is 41.9 Å². The van der Waals surface area contributed by atoms with Crippen molar-refractivity contribution in [1.82, 2.24) is 20.5 Å². The fourth-order valence-electron chi connectivity index (χ4n) is 4.00. The van der Waals surface area contributed by atoms with Gasteiger partial charge >= 0.3 is 0 Å². The van der Waals surface area contributed by atoms with Crippen LogP contribution in [-0.2, 0) is 16.1 Å². The number of piperidine rings is 1. The Labute approximate surface area is 221 Å². The lowest BCUT2D eigenvalue weighted by Crippen LogP contribution is -2.53. The highest BCUT2D eigenvalue weighted by atomic mass is 35.5. The van der Waals surface area contributed by atoms with E-state index in [1.807, 2.05) is 30.3 Å². The molecule has 194 valence electrons. The molecule has 1 saturated heterocycles. The molecule has 0 aliphatic carbocycles. The number of likely N-dealkylation sites (tertiary alicyclic amines) is 1. The summed E-state index contributed by atoms with van der Waals surface area (Å²) in [5, 5.41) is 6.48. The van der Waals surface area contributed by atoms with Crippen LogP contribution in [0.4, 0.5) is 0 Å². The molecular formula is C28H31ClN4O4. The molecule has 2 amide bonds. The Bertz CT molecular complexity index is 1170. The maximum Gasteiger partial charge on any atom is 0.257 e. The largest absolute Gasteiger partial charge is 0.438 e. The second kappa shape index (κ2) is 13.2. The summed E-state index contributed by atoms with van der Waals surface area (Å²) in [6.45, 7) is 2.17. The number of amides is 2. The first-order chi connectivity index (χ1) is 18.0. The van der Waals surface area contributed by atoms with E-state index in [0.717, 1.165) is 31.5 Å². The van der Waals surface area contributed by atoms with Crippen molar-refractivity contribution in [1.29, 1.82) is 0 Å². The monoisotopic (exact) mass is 522 g/mol. The molecule has 0 bridgehead atoms. The zero-order chi connectivity index (χ0) is 26.0. The minimum Gasteiger partial charge on any atom is -0.438 e. The van der Waals surface area contributed by atoms with Gasteiger partial charge in [0, 0.05) is 17.3 Å². The number of ether oxygens (including phenoxy) is 2.